The summed E-state index contributed by atoms with van der Waals surface area (Å²) in [6, 6.07) is 9.04. The van der Waals surface area contributed by atoms with Crippen molar-refractivity contribution in [2.24, 2.45) is 0 Å². The molecule has 2 aromatic rings. The summed E-state index contributed by atoms with van der Waals surface area (Å²) >= 11 is 0. The monoisotopic (exact) mass is 287 g/mol. The number of carbonyl (C=O) groups excluding carboxylic acids is 2. The first-order chi connectivity index (χ1) is 10.1. The smallest absolute Gasteiger partial charge is 0.330 e. The Kier molecular flexibility index (Phi) is 4.71. The second-order valence-corrected chi connectivity index (χ2v) is 4.59. The van der Waals surface area contributed by atoms with Gasteiger partial charge in [0.05, 0.1) is 19.9 Å². The van der Waals surface area contributed by atoms with Crippen molar-refractivity contribution in [2.45, 2.75) is 19.5 Å². The molecule has 0 saturated heterocycles. The van der Waals surface area contributed by atoms with Crippen LogP contribution in [0.4, 0.5) is 0 Å². The molecule has 1 unspecified atom stereocenters. The third-order valence-corrected chi connectivity index (χ3v) is 2.97. The van der Waals surface area contributed by atoms with E-state index in [1.165, 1.54) is 14.0 Å². The van der Waals surface area contributed by atoms with E-state index < -0.39 is 12.0 Å². The van der Waals surface area contributed by atoms with Gasteiger partial charge in [0.15, 0.2) is 0 Å². The molecule has 0 radical (unpaired) electrons. The first kappa shape index (κ1) is 14.8. The molecule has 0 aliphatic heterocycles. The highest BCUT2D eigenvalue weighted by molar-refractivity contribution is 5.83. The zero-order valence-corrected chi connectivity index (χ0v) is 11.9. The van der Waals surface area contributed by atoms with E-state index in [4.69, 9.17) is 0 Å². The lowest BCUT2D eigenvalue weighted by Crippen LogP contribution is -2.43. The zero-order chi connectivity index (χ0) is 15.2. The van der Waals surface area contributed by atoms with Crippen molar-refractivity contribution < 1.29 is 14.3 Å². The summed E-state index contributed by atoms with van der Waals surface area (Å²) in [4.78, 5) is 22.8. The van der Waals surface area contributed by atoms with Crippen LogP contribution < -0.4 is 5.32 Å². The van der Waals surface area contributed by atoms with Crippen LogP contribution in [0, 0.1) is 0 Å². The lowest BCUT2D eigenvalue weighted by molar-refractivity contribution is -0.145. The fourth-order valence-corrected chi connectivity index (χ4v) is 2.00. The lowest BCUT2D eigenvalue weighted by Gasteiger charge is -2.15. The summed E-state index contributed by atoms with van der Waals surface area (Å²) in [6.07, 6.45) is 3.55. The number of amides is 1. The molecule has 1 N–H and O–H groups in total. The van der Waals surface area contributed by atoms with E-state index in [1.807, 2.05) is 36.5 Å². The summed E-state index contributed by atoms with van der Waals surface area (Å²) in [5, 5.41) is 6.77. The predicted molar refractivity (Wildman–Crippen MR) is 77.3 cm³/mol. The van der Waals surface area contributed by atoms with Crippen LogP contribution in [0.2, 0.25) is 0 Å². The van der Waals surface area contributed by atoms with E-state index in [0.29, 0.717) is 0 Å². The second kappa shape index (κ2) is 6.69. The van der Waals surface area contributed by atoms with Crippen molar-refractivity contribution in [3.05, 3.63) is 42.7 Å². The molecule has 1 heterocycles. The summed E-state index contributed by atoms with van der Waals surface area (Å²) in [5.41, 5.74) is 1.99. The van der Waals surface area contributed by atoms with Crippen LogP contribution in [-0.2, 0) is 20.9 Å². The summed E-state index contributed by atoms with van der Waals surface area (Å²) in [7, 11) is 1.29. The first-order valence-electron chi connectivity index (χ1n) is 6.53. The normalized spacial score (nSPS) is 11.7. The Morgan fingerprint density at radius 1 is 1.29 bits per heavy atom. The van der Waals surface area contributed by atoms with Crippen LogP contribution in [0.1, 0.15) is 6.92 Å². The van der Waals surface area contributed by atoms with Gasteiger partial charge in [-0.1, -0.05) is 30.3 Å². The molecule has 1 atom stereocenters. The van der Waals surface area contributed by atoms with Gasteiger partial charge in [-0.2, -0.15) is 5.10 Å². The van der Waals surface area contributed by atoms with Gasteiger partial charge in [-0.15, -0.1) is 0 Å². The topological polar surface area (TPSA) is 73.2 Å². The Balaban J connectivity index is 2.13. The molecule has 21 heavy (non-hydrogen) atoms. The number of ether oxygens (including phenoxy) is 1. The minimum atomic E-state index is -0.754. The average molecular weight is 287 g/mol. The fraction of sp³-hybridized carbons (Fsp3) is 0.267. The minimum Gasteiger partial charge on any atom is -0.467 e. The largest absolute Gasteiger partial charge is 0.467 e. The number of esters is 1. The van der Waals surface area contributed by atoms with Crippen molar-refractivity contribution in [3.8, 4) is 11.1 Å². The minimum absolute atomic E-state index is 0.221. The van der Waals surface area contributed by atoms with Crippen LogP contribution in [-0.4, -0.2) is 34.8 Å². The molecular weight excluding hydrogens is 270 g/mol. The zero-order valence-electron chi connectivity index (χ0n) is 11.9. The summed E-state index contributed by atoms with van der Waals surface area (Å²) < 4.78 is 6.29. The van der Waals surface area contributed by atoms with Gasteiger partial charge in [0.1, 0.15) is 6.04 Å². The van der Waals surface area contributed by atoms with Crippen LogP contribution >= 0.6 is 0 Å². The van der Waals surface area contributed by atoms with Crippen LogP contribution in [0.25, 0.3) is 11.1 Å². The molecule has 110 valence electrons. The van der Waals surface area contributed by atoms with Crippen LogP contribution in [0.15, 0.2) is 42.7 Å². The lowest BCUT2D eigenvalue weighted by atomic mass is 10.1. The van der Waals surface area contributed by atoms with E-state index in [1.54, 1.807) is 10.9 Å². The predicted octanol–water partition coefficient (Wildman–Crippen LogP) is 1.23. The quantitative estimate of drug-likeness (QED) is 0.839. The molecule has 1 aromatic carbocycles. The van der Waals surface area contributed by atoms with Crippen molar-refractivity contribution in [2.75, 3.05) is 7.11 Å². The third-order valence-electron chi connectivity index (χ3n) is 2.97. The van der Waals surface area contributed by atoms with Crippen LogP contribution in [0.5, 0.6) is 0 Å². The van der Waals surface area contributed by atoms with Gasteiger partial charge in [-0.05, 0) is 5.56 Å². The van der Waals surface area contributed by atoms with Gasteiger partial charge in [0.25, 0.3) is 0 Å². The maximum atomic E-state index is 11.7. The van der Waals surface area contributed by atoms with Crippen molar-refractivity contribution in [1.82, 2.24) is 15.1 Å². The molecule has 1 aromatic heterocycles. The molecule has 6 heteroatoms. The molecule has 6 nitrogen and oxygen atoms in total. The molecule has 0 aliphatic rings. The number of rotatable bonds is 5. The second-order valence-electron chi connectivity index (χ2n) is 4.59. The SMILES string of the molecule is COC(=O)C(Cn1cc(-c2ccccc2)cn1)NC(C)=O. The Bertz CT molecular complexity index is 622. The standard InChI is InChI=1S/C15H17N3O3/c1-11(19)17-14(15(20)21-2)10-18-9-13(8-16-18)12-6-4-3-5-7-12/h3-9,14H,10H2,1-2H3,(H,17,19). The number of carbonyl (C=O) groups is 2. The van der Waals surface area contributed by atoms with E-state index in [2.05, 4.69) is 15.2 Å². The molecule has 0 saturated carbocycles. The van der Waals surface area contributed by atoms with E-state index in [9.17, 15) is 9.59 Å². The number of hydrogen-bond acceptors (Lipinski definition) is 4. The van der Waals surface area contributed by atoms with Gasteiger partial charge >= 0.3 is 5.97 Å². The molecule has 1 amide bonds. The third kappa shape index (κ3) is 3.92. The van der Waals surface area contributed by atoms with Gasteiger partial charge < -0.3 is 10.1 Å². The van der Waals surface area contributed by atoms with E-state index >= 15 is 0 Å². The molecule has 0 spiro atoms. The molecule has 0 aliphatic carbocycles. The van der Waals surface area contributed by atoms with E-state index in [0.717, 1.165) is 11.1 Å². The first-order valence-corrected chi connectivity index (χ1v) is 6.53. The molecule has 0 bridgehead atoms. The number of hydrogen-bond donors (Lipinski definition) is 1. The molecule has 2 rings (SSSR count). The number of aromatic nitrogens is 2. The number of benzene rings is 1. The number of nitrogens with one attached hydrogen (secondary N) is 1. The van der Waals surface area contributed by atoms with Gasteiger partial charge in [0, 0.05) is 18.7 Å². The van der Waals surface area contributed by atoms with E-state index in [-0.39, 0.29) is 12.5 Å². The van der Waals surface area contributed by atoms with Crippen molar-refractivity contribution in [1.29, 1.82) is 0 Å². The Morgan fingerprint density at radius 3 is 2.62 bits per heavy atom. The highest BCUT2D eigenvalue weighted by atomic mass is 16.5. The van der Waals surface area contributed by atoms with Crippen molar-refractivity contribution in [3.63, 3.8) is 0 Å². The van der Waals surface area contributed by atoms with Crippen molar-refractivity contribution >= 4 is 11.9 Å². The van der Waals surface area contributed by atoms with Crippen LogP contribution in [0.3, 0.4) is 0 Å². The highest BCUT2D eigenvalue weighted by Crippen LogP contribution is 2.17. The summed E-state index contributed by atoms with van der Waals surface area (Å²) in [6.45, 7) is 1.58. The van der Waals surface area contributed by atoms with Gasteiger partial charge in [-0.25, -0.2) is 4.79 Å². The maximum absolute atomic E-state index is 11.7. The van der Waals surface area contributed by atoms with Gasteiger partial charge in [-0.3, -0.25) is 9.48 Å². The Hall–Kier alpha value is -2.63. The Morgan fingerprint density at radius 2 is 2.00 bits per heavy atom. The van der Waals surface area contributed by atoms with Gasteiger partial charge in [0.2, 0.25) is 5.91 Å². The molecule has 0 fully saturated rings. The highest BCUT2D eigenvalue weighted by Gasteiger charge is 2.21. The Labute approximate surface area is 122 Å². The molecular formula is C15H17N3O3. The maximum Gasteiger partial charge on any atom is 0.330 e. The number of methoxy groups -OCH3 is 1. The number of nitrogens with zero attached hydrogens (tertiary/aromatic N) is 2. The fourth-order valence-electron chi connectivity index (χ4n) is 2.00. The summed E-state index contributed by atoms with van der Waals surface area (Å²) in [5.74, 6) is -0.789. The average Bonchev–Trinajstić information content (AvgIpc) is 2.95.